The average molecular weight is 1020 g/mol. The number of fused-ring (bicyclic) bond motifs is 3. The summed E-state index contributed by atoms with van der Waals surface area (Å²) in [6.45, 7) is 11.2. The van der Waals surface area contributed by atoms with Crippen LogP contribution in [0.3, 0.4) is 0 Å². The number of benzene rings is 2. The maximum Gasteiger partial charge on any atom is 0.264 e. The van der Waals surface area contributed by atoms with Crippen molar-refractivity contribution in [2.45, 2.75) is 122 Å². The number of allylic oxidation sites excluding steroid dienone is 1. The van der Waals surface area contributed by atoms with Gasteiger partial charge in [-0.2, -0.15) is 5.10 Å². The molecule has 5 N–H and O–H groups in total. The molecule has 4 aromatic rings. The first-order chi connectivity index (χ1) is 35.7. The Bertz CT molecular complexity index is 2890. The third-order valence-corrected chi connectivity index (χ3v) is 16.9. The minimum atomic E-state index is -2.77. The number of hydrogen-bond acceptors (Lipinski definition) is 12. The lowest BCUT2D eigenvalue weighted by Crippen LogP contribution is -2.52. The highest BCUT2D eigenvalue weighted by Gasteiger charge is 2.42. The van der Waals surface area contributed by atoms with E-state index in [-0.39, 0.29) is 41.8 Å². The number of amides is 4. The summed E-state index contributed by atoms with van der Waals surface area (Å²) >= 11 is 0. The van der Waals surface area contributed by atoms with Crippen LogP contribution in [0.4, 0.5) is 31.7 Å². The number of aromatic nitrogens is 3. The molecule has 4 amide bonds. The summed E-state index contributed by atoms with van der Waals surface area (Å²) in [6.07, 6.45) is 9.25. The molecule has 0 saturated carbocycles. The number of nitrogens with one attached hydrogen (secondary N) is 1. The maximum atomic E-state index is 15.6. The van der Waals surface area contributed by atoms with E-state index in [9.17, 15) is 19.2 Å². The van der Waals surface area contributed by atoms with Gasteiger partial charge in [0.15, 0.2) is 5.82 Å². The molecule has 7 aliphatic rings. The second-order valence-electron chi connectivity index (χ2n) is 21.5. The number of piperidine rings is 3. The van der Waals surface area contributed by atoms with E-state index >= 15 is 8.78 Å². The van der Waals surface area contributed by atoms with Crippen molar-refractivity contribution in [3.63, 3.8) is 0 Å². The molecular weight excluding hydrogens is 949 g/mol. The van der Waals surface area contributed by atoms with Crippen LogP contribution >= 0.6 is 0 Å². The van der Waals surface area contributed by atoms with Crippen molar-refractivity contribution in [1.82, 2.24) is 34.4 Å². The molecule has 9 heterocycles. The molecule has 0 bridgehead atoms. The largest absolute Gasteiger partial charge is 0.496 e. The van der Waals surface area contributed by atoms with Gasteiger partial charge in [0.2, 0.25) is 17.7 Å². The van der Waals surface area contributed by atoms with Gasteiger partial charge in [-0.05, 0) is 112 Å². The van der Waals surface area contributed by atoms with E-state index in [0.29, 0.717) is 92.0 Å². The van der Waals surface area contributed by atoms with Crippen LogP contribution in [0.15, 0.2) is 36.2 Å². The van der Waals surface area contributed by atoms with Gasteiger partial charge in [0.25, 0.3) is 12.3 Å². The Hall–Kier alpha value is -6.47. The zero-order valence-corrected chi connectivity index (χ0v) is 42.8. The molecule has 11 rings (SSSR count). The normalized spacial score (nSPS) is 21.6. The smallest absolute Gasteiger partial charge is 0.264 e. The number of alkyl halides is 2. The van der Waals surface area contributed by atoms with Crippen LogP contribution < -0.4 is 31.3 Å². The second-order valence-corrected chi connectivity index (χ2v) is 21.5. The number of nitrogens with two attached hydrogens (primary N) is 2. The van der Waals surface area contributed by atoms with Crippen molar-refractivity contribution >= 4 is 52.6 Å². The first kappa shape index (κ1) is 49.7. The van der Waals surface area contributed by atoms with Gasteiger partial charge in [0, 0.05) is 143 Å². The van der Waals surface area contributed by atoms with E-state index in [1.807, 2.05) is 36.2 Å². The Balaban J connectivity index is 0.784. The number of nitrogens with zero attached hydrogens (tertiary/aromatic N) is 8. The third kappa shape index (κ3) is 9.27. The number of carbonyl (C=O) groups excluding carboxylic acids is 4. The predicted octanol–water partition coefficient (Wildman–Crippen LogP) is 6.85. The van der Waals surface area contributed by atoms with Crippen LogP contribution in [0.1, 0.15) is 134 Å². The van der Waals surface area contributed by atoms with Gasteiger partial charge in [0.1, 0.15) is 11.8 Å². The number of methoxy groups -OCH3 is 1. The standard InChI is InChI=1S/C55H69F2N11O6/c1-32(58)23-47-51(59)42(40-25-35-5-4-15-65(46(35)27-41(40)52(56)57)53-43-30-64(33(2)69)20-12-44(43)68(61-53)38-13-21-74-22-14-38)31-66(47)37-10-16-62(17-11-37)28-34-8-18-63(19-9-34)39-24-36-29-67(45-6-7-49(70)60-54(45)71)55(72)50(36)48(26-39)73-3/h23-27,31,34,37-38,45,52H,4-22,28-30,58-59H2,1-3H3,(H,60,70,71)/b32-23-. The predicted molar refractivity (Wildman–Crippen MR) is 277 cm³/mol. The van der Waals surface area contributed by atoms with Gasteiger partial charge in [-0.15, -0.1) is 0 Å². The monoisotopic (exact) mass is 1020 g/mol. The fourth-order valence-electron chi connectivity index (χ4n) is 13.0. The maximum absolute atomic E-state index is 15.6. The molecular formula is C55H69F2N11O6. The second kappa shape index (κ2) is 20.3. The molecule has 0 radical (unpaired) electrons. The topological polar surface area (TPSA) is 190 Å². The van der Waals surface area contributed by atoms with E-state index in [2.05, 4.69) is 35.3 Å². The van der Waals surface area contributed by atoms with Gasteiger partial charge in [-0.3, -0.25) is 29.2 Å². The van der Waals surface area contributed by atoms with Gasteiger partial charge in [0.05, 0.1) is 36.6 Å². The molecule has 394 valence electrons. The molecule has 4 fully saturated rings. The molecule has 4 saturated heterocycles. The quantitative estimate of drug-likeness (QED) is 0.133. The molecule has 0 spiro atoms. The van der Waals surface area contributed by atoms with Gasteiger partial charge in [-0.25, -0.2) is 8.78 Å². The van der Waals surface area contributed by atoms with Crippen LogP contribution in [-0.4, -0.2) is 125 Å². The Labute approximate surface area is 430 Å². The van der Waals surface area contributed by atoms with Crippen molar-refractivity contribution in [3.8, 4) is 16.9 Å². The minimum absolute atomic E-state index is 0.00661. The van der Waals surface area contributed by atoms with E-state index in [0.717, 1.165) is 129 Å². The number of halogens is 2. The van der Waals surface area contributed by atoms with Crippen molar-refractivity contribution in [3.05, 3.63) is 75.4 Å². The van der Waals surface area contributed by atoms with E-state index in [1.165, 1.54) is 0 Å². The number of likely N-dealkylation sites (tertiary alicyclic amines) is 1. The lowest BCUT2D eigenvalue weighted by Gasteiger charge is -2.39. The number of nitrogen functional groups attached to an aromatic ring is 1. The van der Waals surface area contributed by atoms with Crippen molar-refractivity contribution in [2.24, 2.45) is 11.7 Å². The molecule has 7 aliphatic heterocycles. The van der Waals surface area contributed by atoms with Crippen LogP contribution in [0, 0.1) is 5.92 Å². The van der Waals surface area contributed by atoms with Crippen LogP contribution in [0.5, 0.6) is 5.75 Å². The number of anilines is 4. The summed E-state index contributed by atoms with van der Waals surface area (Å²) in [4.78, 5) is 61.2. The number of hydrogen-bond donors (Lipinski definition) is 3. The summed E-state index contributed by atoms with van der Waals surface area (Å²) in [6, 6.07) is 7.16. The van der Waals surface area contributed by atoms with Gasteiger partial charge in [-0.1, -0.05) is 0 Å². The SMILES string of the molecule is COc1cc(N2CCC(CN3CCC(n4cc(-c5cc6c(cc5C(F)F)N(c5nn(C7CCOCC7)c7c5CN(C(C)=O)CC7)CCC6)c(N)c4/C=C(/C)N)CC3)CC2)cc2c1C(=O)N(C1CCC(=O)NC1=O)C2. The highest BCUT2D eigenvalue weighted by Crippen LogP contribution is 2.47. The van der Waals surface area contributed by atoms with E-state index in [1.54, 1.807) is 25.0 Å². The number of imide groups is 1. The Morgan fingerprint density at radius 2 is 1.66 bits per heavy atom. The molecule has 2 aromatic heterocycles. The summed E-state index contributed by atoms with van der Waals surface area (Å²) in [7, 11) is 1.56. The first-order valence-corrected chi connectivity index (χ1v) is 26.7. The minimum Gasteiger partial charge on any atom is -0.496 e. The summed E-state index contributed by atoms with van der Waals surface area (Å²) in [5, 5.41) is 7.64. The molecule has 0 aliphatic carbocycles. The number of rotatable bonds is 11. The highest BCUT2D eigenvalue weighted by atomic mass is 19.3. The zero-order valence-electron chi connectivity index (χ0n) is 42.8. The van der Waals surface area contributed by atoms with Crippen LogP contribution in [-0.2, 0) is 45.1 Å². The summed E-state index contributed by atoms with van der Waals surface area (Å²) in [5.41, 5.74) is 22.2. The molecule has 19 heteroatoms. The Morgan fingerprint density at radius 3 is 2.36 bits per heavy atom. The zero-order chi connectivity index (χ0) is 51.5. The van der Waals surface area contributed by atoms with Crippen molar-refractivity contribution in [1.29, 1.82) is 0 Å². The summed E-state index contributed by atoms with van der Waals surface area (Å²) < 4.78 is 46.9. The van der Waals surface area contributed by atoms with E-state index < -0.39 is 18.4 Å². The summed E-state index contributed by atoms with van der Waals surface area (Å²) in [5.74, 6) is 0.760. The Morgan fingerprint density at radius 1 is 0.892 bits per heavy atom. The van der Waals surface area contributed by atoms with Gasteiger partial charge < -0.3 is 50.0 Å². The van der Waals surface area contributed by atoms with Crippen LogP contribution in [0.25, 0.3) is 17.2 Å². The van der Waals surface area contributed by atoms with Crippen molar-refractivity contribution < 1.29 is 37.4 Å². The fraction of sp³-hybridized carbons (Fsp3) is 0.545. The lowest BCUT2D eigenvalue weighted by molar-refractivity contribution is -0.137. The molecule has 1 unspecified atom stereocenters. The van der Waals surface area contributed by atoms with E-state index in [4.69, 9.17) is 26.0 Å². The fourth-order valence-corrected chi connectivity index (χ4v) is 13.0. The first-order valence-electron chi connectivity index (χ1n) is 26.7. The molecule has 74 heavy (non-hydrogen) atoms. The average Bonchev–Trinajstić information content (AvgIpc) is 4.05. The lowest BCUT2D eigenvalue weighted by atomic mass is 9.92. The number of ether oxygens (including phenoxy) is 2. The van der Waals surface area contributed by atoms with Crippen LogP contribution in [0.2, 0.25) is 0 Å². The van der Waals surface area contributed by atoms with Crippen molar-refractivity contribution in [2.75, 3.05) is 81.7 Å². The van der Waals surface area contributed by atoms with Gasteiger partial charge >= 0.3 is 0 Å². The number of aryl methyl sites for hydroxylation is 1. The third-order valence-electron chi connectivity index (χ3n) is 16.9. The number of carbonyl (C=O) groups is 4. The molecule has 17 nitrogen and oxygen atoms in total. The highest BCUT2D eigenvalue weighted by molar-refractivity contribution is 6.07. The molecule has 2 aromatic carbocycles. The molecule has 1 atom stereocenters. The Kier molecular flexibility index (Phi) is 13.7.